The lowest BCUT2D eigenvalue weighted by Crippen LogP contribution is -2.38. The highest BCUT2D eigenvalue weighted by Crippen LogP contribution is 2.18. The summed E-state index contributed by atoms with van der Waals surface area (Å²) in [5.41, 5.74) is 1.43. The van der Waals surface area contributed by atoms with Crippen molar-refractivity contribution in [3.8, 4) is 0 Å². The highest BCUT2D eigenvalue weighted by atomic mass is 19.1. The van der Waals surface area contributed by atoms with Crippen LogP contribution in [0.5, 0.6) is 0 Å². The number of ether oxygens (including phenoxy) is 1. The molecule has 0 bridgehead atoms. The number of nitrogens with zero attached hydrogens (tertiary/aromatic N) is 1. The van der Waals surface area contributed by atoms with Gasteiger partial charge in [0.2, 0.25) is 0 Å². The third-order valence-corrected chi connectivity index (χ3v) is 5.02. The first-order valence-corrected chi connectivity index (χ1v) is 9.37. The zero-order valence-electron chi connectivity index (χ0n) is 15.4. The number of para-hydroxylation sites is 1. The van der Waals surface area contributed by atoms with E-state index in [-0.39, 0.29) is 24.1 Å². The average molecular weight is 380 g/mol. The Labute approximate surface area is 161 Å². The number of aromatic nitrogens is 1. The van der Waals surface area contributed by atoms with E-state index in [1.54, 1.807) is 4.90 Å². The molecule has 28 heavy (non-hydrogen) atoms. The number of nitrogens with one attached hydrogen (secondary N) is 1. The normalized spacial score (nSPS) is 16.4. The van der Waals surface area contributed by atoms with Crippen molar-refractivity contribution in [3.63, 3.8) is 0 Å². The maximum atomic E-state index is 13.2. The van der Waals surface area contributed by atoms with Gasteiger partial charge in [0.15, 0.2) is 0 Å². The molecule has 3 aromatic rings. The Morgan fingerprint density at radius 1 is 1.18 bits per heavy atom. The zero-order chi connectivity index (χ0) is 19.5. The number of H-pyrrole nitrogens is 1. The van der Waals surface area contributed by atoms with E-state index in [1.165, 1.54) is 24.3 Å². The number of hydrogen-bond donors (Lipinski definition) is 1. The van der Waals surface area contributed by atoms with Crippen LogP contribution in [0.25, 0.3) is 10.9 Å². The van der Waals surface area contributed by atoms with Gasteiger partial charge in [-0.2, -0.15) is 0 Å². The summed E-state index contributed by atoms with van der Waals surface area (Å²) in [5.74, 6) is -0.642. The molecule has 1 fully saturated rings. The van der Waals surface area contributed by atoms with Crippen molar-refractivity contribution >= 4 is 16.8 Å². The molecule has 1 amide bonds. The fourth-order valence-electron chi connectivity index (χ4n) is 3.54. The number of amides is 1. The molecule has 1 aliphatic rings. The van der Waals surface area contributed by atoms with Crippen molar-refractivity contribution in [1.29, 1.82) is 0 Å². The highest BCUT2D eigenvalue weighted by molar-refractivity contribution is 5.94. The predicted octanol–water partition coefficient (Wildman–Crippen LogP) is 3.49. The second-order valence-electron chi connectivity index (χ2n) is 7.04. The summed E-state index contributed by atoms with van der Waals surface area (Å²) in [6.45, 7) is 1.23. The largest absolute Gasteiger partial charge is 0.376 e. The SMILES string of the molecule is O=C(c1ccc(F)cc1)N(Cc1cc2ccccc2[nH]c1=O)CC1CCCO1. The lowest BCUT2D eigenvalue weighted by atomic mass is 10.1. The summed E-state index contributed by atoms with van der Waals surface area (Å²) >= 11 is 0. The van der Waals surface area contributed by atoms with Crippen LogP contribution < -0.4 is 5.56 Å². The van der Waals surface area contributed by atoms with Crippen molar-refractivity contribution in [2.45, 2.75) is 25.5 Å². The van der Waals surface area contributed by atoms with Crippen LogP contribution in [0.3, 0.4) is 0 Å². The van der Waals surface area contributed by atoms with Gasteiger partial charge in [-0.05, 0) is 54.6 Å². The first-order valence-electron chi connectivity index (χ1n) is 9.37. The van der Waals surface area contributed by atoms with Gasteiger partial charge in [-0.25, -0.2) is 4.39 Å². The van der Waals surface area contributed by atoms with Gasteiger partial charge in [-0.3, -0.25) is 9.59 Å². The number of benzene rings is 2. The van der Waals surface area contributed by atoms with Crippen LogP contribution >= 0.6 is 0 Å². The fourth-order valence-corrected chi connectivity index (χ4v) is 3.54. The summed E-state index contributed by atoms with van der Waals surface area (Å²) in [6.07, 6.45) is 1.78. The van der Waals surface area contributed by atoms with E-state index in [9.17, 15) is 14.0 Å². The van der Waals surface area contributed by atoms with Crippen molar-refractivity contribution < 1.29 is 13.9 Å². The van der Waals surface area contributed by atoms with Crippen LogP contribution in [0.2, 0.25) is 0 Å². The standard InChI is InChI=1S/C22H21FN2O3/c23-18-9-7-15(8-10-18)22(27)25(14-19-5-3-11-28-19)13-17-12-16-4-1-2-6-20(16)24-21(17)26/h1-2,4,6-10,12,19H,3,5,11,13-14H2,(H,24,26). The van der Waals surface area contributed by atoms with Crippen LogP contribution in [-0.2, 0) is 11.3 Å². The van der Waals surface area contributed by atoms with E-state index in [4.69, 9.17) is 4.74 Å². The second-order valence-corrected chi connectivity index (χ2v) is 7.04. The molecule has 0 radical (unpaired) electrons. The molecule has 0 aliphatic carbocycles. The molecule has 1 saturated heterocycles. The monoisotopic (exact) mass is 380 g/mol. The molecule has 1 unspecified atom stereocenters. The van der Waals surface area contributed by atoms with E-state index in [0.717, 1.165) is 23.7 Å². The van der Waals surface area contributed by atoms with Gasteiger partial charge in [-0.1, -0.05) is 18.2 Å². The third-order valence-electron chi connectivity index (χ3n) is 5.02. The minimum atomic E-state index is -0.395. The molecular formula is C22H21FN2O3. The highest BCUT2D eigenvalue weighted by Gasteiger charge is 2.24. The third kappa shape index (κ3) is 3.97. The van der Waals surface area contributed by atoms with Crippen molar-refractivity contribution in [1.82, 2.24) is 9.88 Å². The zero-order valence-corrected chi connectivity index (χ0v) is 15.4. The van der Waals surface area contributed by atoms with Gasteiger partial charge in [-0.15, -0.1) is 0 Å². The lowest BCUT2D eigenvalue weighted by Gasteiger charge is -2.25. The van der Waals surface area contributed by atoms with Gasteiger partial charge in [0.1, 0.15) is 5.82 Å². The van der Waals surface area contributed by atoms with Crippen LogP contribution in [0.1, 0.15) is 28.8 Å². The number of fused-ring (bicyclic) bond motifs is 1. The van der Waals surface area contributed by atoms with Crippen molar-refractivity contribution in [2.24, 2.45) is 0 Å². The summed E-state index contributed by atoms with van der Waals surface area (Å²) in [5, 5.41) is 0.906. The summed E-state index contributed by atoms with van der Waals surface area (Å²) in [4.78, 5) is 30.1. The van der Waals surface area contributed by atoms with Crippen LogP contribution in [0.4, 0.5) is 4.39 Å². The van der Waals surface area contributed by atoms with E-state index in [2.05, 4.69) is 4.98 Å². The van der Waals surface area contributed by atoms with Crippen molar-refractivity contribution in [3.05, 3.63) is 81.9 Å². The number of carbonyl (C=O) groups is 1. The molecule has 1 atom stereocenters. The molecule has 0 spiro atoms. The number of hydrogen-bond acceptors (Lipinski definition) is 3. The average Bonchev–Trinajstić information content (AvgIpc) is 3.21. The predicted molar refractivity (Wildman–Crippen MR) is 105 cm³/mol. The molecule has 144 valence electrons. The quantitative estimate of drug-likeness (QED) is 0.737. The first kappa shape index (κ1) is 18.4. The lowest BCUT2D eigenvalue weighted by molar-refractivity contribution is 0.0506. The molecule has 2 aromatic carbocycles. The summed E-state index contributed by atoms with van der Waals surface area (Å²) in [7, 11) is 0. The molecule has 0 saturated carbocycles. The van der Waals surface area contributed by atoms with Gasteiger partial charge in [0, 0.05) is 29.8 Å². The minimum absolute atomic E-state index is 0.0519. The molecule has 6 heteroatoms. The Balaban J connectivity index is 1.65. The number of aromatic amines is 1. The Bertz CT molecular complexity index is 1040. The smallest absolute Gasteiger partial charge is 0.254 e. The van der Waals surface area contributed by atoms with E-state index in [0.29, 0.717) is 24.3 Å². The first-order chi connectivity index (χ1) is 13.6. The topological polar surface area (TPSA) is 62.4 Å². The summed E-state index contributed by atoms with van der Waals surface area (Å²) in [6, 6.07) is 14.8. The van der Waals surface area contributed by atoms with Gasteiger partial charge < -0.3 is 14.6 Å². The minimum Gasteiger partial charge on any atom is -0.376 e. The Morgan fingerprint density at radius 2 is 1.96 bits per heavy atom. The maximum absolute atomic E-state index is 13.2. The number of halogens is 1. The Morgan fingerprint density at radius 3 is 2.71 bits per heavy atom. The molecule has 1 aromatic heterocycles. The van der Waals surface area contributed by atoms with E-state index in [1.807, 2.05) is 30.3 Å². The second kappa shape index (κ2) is 7.94. The van der Waals surface area contributed by atoms with Crippen molar-refractivity contribution in [2.75, 3.05) is 13.2 Å². The molecular weight excluding hydrogens is 359 g/mol. The maximum Gasteiger partial charge on any atom is 0.254 e. The number of pyridine rings is 1. The molecule has 4 rings (SSSR count). The number of carbonyl (C=O) groups excluding carboxylic acids is 1. The van der Waals surface area contributed by atoms with Crippen LogP contribution in [-0.4, -0.2) is 35.0 Å². The Hall–Kier alpha value is -2.99. The number of rotatable bonds is 5. The van der Waals surface area contributed by atoms with E-state index < -0.39 is 5.82 Å². The molecule has 1 N–H and O–H groups in total. The fraction of sp³-hybridized carbons (Fsp3) is 0.273. The van der Waals surface area contributed by atoms with Crippen LogP contribution in [0.15, 0.2) is 59.4 Å². The Kier molecular flexibility index (Phi) is 5.21. The van der Waals surface area contributed by atoms with Gasteiger partial charge in [0.05, 0.1) is 12.6 Å². The molecule has 5 nitrogen and oxygen atoms in total. The van der Waals surface area contributed by atoms with Crippen LogP contribution in [0, 0.1) is 5.82 Å². The molecule has 1 aliphatic heterocycles. The van der Waals surface area contributed by atoms with E-state index >= 15 is 0 Å². The van der Waals surface area contributed by atoms with Gasteiger partial charge in [0.25, 0.3) is 11.5 Å². The summed E-state index contributed by atoms with van der Waals surface area (Å²) < 4.78 is 18.9. The van der Waals surface area contributed by atoms with Gasteiger partial charge >= 0.3 is 0 Å². The molecule has 2 heterocycles.